The van der Waals surface area contributed by atoms with Crippen molar-refractivity contribution in [3.8, 4) is 16.9 Å². The smallest absolute Gasteiger partial charge is 0.407 e. The van der Waals surface area contributed by atoms with Gasteiger partial charge in [0.15, 0.2) is 0 Å². The second-order valence-corrected chi connectivity index (χ2v) is 7.24. The number of hydrogen-bond donors (Lipinski definition) is 1. The molecule has 0 spiro atoms. The van der Waals surface area contributed by atoms with Crippen LogP contribution in [0, 0.1) is 0 Å². The van der Waals surface area contributed by atoms with E-state index < -0.39 is 11.7 Å². The standard InChI is InChI=1S/C22H27NO4/c1-5-16-7-6-8-18(11-16)19-12-17(15-24)13-20(14-19)26-10-9-23-21(25)27-22(2,3)4/h6-8,11-15H,5,9-10H2,1-4H3,(H,23,25). The number of aldehydes is 1. The van der Waals surface area contributed by atoms with E-state index in [2.05, 4.69) is 24.4 Å². The van der Waals surface area contributed by atoms with Gasteiger partial charge < -0.3 is 14.8 Å². The Morgan fingerprint density at radius 3 is 2.56 bits per heavy atom. The minimum Gasteiger partial charge on any atom is -0.492 e. The van der Waals surface area contributed by atoms with Crippen molar-refractivity contribution < 1.29 is 19.1 Å². The highest BCUT2D eigenvalue weighted by Gasteiger charge is 2.15. The molecule has 0 bridgehead atoms. The Morgan fingerprint density at radius 2 is 1.89 bits per heavy atom. The minimum atomic E-state index is -0.537. The summed E-state index contributed by atoms with van der Waals surface area (Å²) in [6.07, 6.45) is 1.27. The van der Waals surface area contributed by atoms with Crippen LogP contribution in [0.25, 0.3) is 11.1 Å². The van der Waals surface area contributed by atoms with Crippen molar-refractivity contribution in [3.05, 3.63) is 53.6 Å². The predicted molar refractivity (Wildman–Crippen MR) is 106 cm³/mol. The van der Waals surface area contributed by atoms with Crippen LogP contribution in [-0.2, 0) is 11.2 Å². The molecule has 0 atom stereocenters. The molecule has 1 N–H and O–H groups in total. The number of benzene rings is 2. The fraction of sp³-hybridized carbons (Fsp3) is 0.364. The van der Waals surface area contributed by atoms with Crippen LogP contribution < -0.4 is 10.1 Å². The zero-order valence-electron chi connectivity index (χ0n) is 16.4. The summed E-state index contributed by atoms with van der Waals surface area (Å²) < 4.78 is 10.9. The van der Waals surface area contributed by atoms with Crippen molar-refractivity contribution in [1.29, 1.82) is 0 Å². The molecule has 0 radical (unpaired) electrons. The maximum absolute atomic E-state index is 11.6. The number of amides is 1. The Morgan fingerprint density at radius 1 is 1.11 bits per heavy atom. The summed E-state index contributed by atoms with van der Waals surface area (Å²) in [7, 11) is 0. The number of rotatable bonds is 7. The summed E-state index contributed by atoms with van der Waals surface area (Å²) in [5.41, 5.74) is 3.20. The van der Waals surface area contributed by atoms with Gasteiger partial charge in [-0.15, -0.1) is 0 Å². The molecule has 0 saturated carbocycles. The van der Waals surface area contributed by atoms with E-state index in [0.717, 1.165) is 23.8 Å². The number of nitrogens with one attached hydrogen (secondary N) is 1. The fourth-order valence-electron chi connectivity index (χ4n) is 2.55. The highest BCUT2D eigenvalue weighted by Crippen LogP contribution is 2.26. The number of alkyl carbamates (subject to hydrolysis) is 1. The molecule has 144 valence electrons. The summed E-state index contributed by atoms with van der Waals surface area (Å²) in [4.78, 5) is 22.9. The molecule has 0 aliphatic carbocycles. The molecule has 2 aromatic carbocycles. The second kappa shape index (κ2) is 9.21. The van der Waals surface area contributed by atoms with Gasteiger partial charge in [-0.05, 0) is 62.1 Å². The average Bonchev–Trinajstić information content (AvgIpc) is 2.63. The number of carbonyl (C=O) groups excluding carboxylic acids is 2. The third kappa shape index (κ3) is 6.77. The SMILES string of the molecule is CCc1cccc(-c2cc(C=O)cc(OCCNC(=O)OC(C)(C)C)c2)c1. The Kier molecular flexibility index (Phi) is 6.99. The van der Waals surface area contributed by atoms with E-state index >= 15 is 0 Å². The van der Waals surface area contributed by atoms with Crippen molar-refractivity contribution in [2.45, 2.75) is 39.7 Å². The molecule has 2 aromatic rings. The van der Waals surface area contributed by atoms with Crippen LogP contribution in [0.3, 0.4) is 0 Å². The van der Waals surface area contributed by atoms with Gasteiger partial charge in [0.2, 0.25) is 0 Å². The molecule has 5 nitrogen and oxygen atoms in total. The van der Waals surface area contributed by atoms with Crippen molar-refractivity contribution in [2.75, 3.05) is 13.2 Å². The van der Waals surface area contributed by atoms with E-state index in [4.69, 9.17) is 9.47 Å². The molecule has 27 heavy (non-hydrogen) atoms. The lowest BCUT2D eigenvalue weighted by Crippen LogP contribution is -2.34. The van der Waals surface area contributed by atoms with E-state index in [1.165, 1.54) is 5.56 Å². The Bertz CT molecular complexity index is 793. The van der Waals surface area contributed by atoms with E-state index in [0.29, 0.717) is 17.9 Å². The maximum atomic E-state index is 11.6. The molecular formula is C22H27NO4. The average molecular weight is 369 g/mol. The minimum absolute atomic E-state index is 0.274. The first-order valence-corrected chi connectivity index (χ1v) is 9.10. The zero-order valence-corrected chi connectivity index (χ0v) is 16.4. The third-order valence-electron chi connectivity index (χ3n) is 3.77. The lowest BCUT2D eigenvalue weighted by molar-refractivity contribution is 0.0520. The van der Waals surface area contributed by atoms with Crippen LogP contribution in [0.5, 0.6) is 5.75 Å². The van der Waals surface area contributed by atoms with Crippen LogP contribution in [0.4, 0.5) is 4.79 Å². The van der Waals surface area contributed by atoms with E-state index in [9.17, 15) is 9.59 Å². The van der Waals surface area contributed by atoms with Crippen LogP contribution in [0.15, 0.2) is 42.5 Å². The number of hydrogen-bond acceptors (Lipinski definition) is 4. The van der Waals surface area contributed by atoms with Gasteiger partial charge in [-0.25, -0.2) is 4.79 Å². The molecule has 0 unspecified atom stereocenters. The summed E-state index contributed by atoms with van der Waals surface area (Å²) in [6, 6.07) is 13.6. The van der Waals surface area contributed by atoms with Gasteiger partial charge in [-0.1, -0.05) is 31.2 Å². The van der Waals surface area contributed by atoms with Gasteiger partial charge in [0.1, 0.15) is 24.2 Å². The van der Waals surface area contributed by atoms with Gasteiger partial charge in [0, 0.05) is 5.56 Å². The Labute approximate surface area is 160 Å². The molecule has 0 aliphatic heterocycles. The number of ether oxygens (including phenoxy) is 2. The third-order valence-corrected chi connectivity index (χ3v) is 3.77. The normalized spacial score (nSPS) is 11.0. The molecule has 5 heteroatoms. The first-order valence-electron chi connectivity index (χ1n) is 9.10. The molecule has 0 fully saturated rings. The van der Waals surface area contributed by atoms with Crippen molar-refractivity contribution >= 4 is 12.4 Å². The van der Waals surface area contributed by atoms with Gasteiger partial charge in [-0.3, -0.25) is 4.79 Å². The van der Waals surface area contributed by atoms with Crippen LogP contribution in [0.2, 0.25) is 0 Å². The highest BCUT2D eigenvalue weighted by atomic mass is 16.6. The van der Waals surface area contributed by atoms with E-state index in [1.54, 1.807) is 6.07 Å². The molecule has 0 aliphatic rings. The quantitative estimate of drug-likeness (QED) is 0.571. The molecule has 2 rings (SSSR count). The summed E-state index contributed by atoms with van der Waals surface area (Å²) in [6.45, 7) is 8.11. The fourth-order valence-corrected chi connectivity index (χ4v) is 2.55. The van der Waals surface area contributed by atoms with Gasteiger partial charge >= 0.3 is 6.09 Å². The van der Waals surface area contributed by atoms with Crippen LogP contribution >= 0.6 is 0 Å². The van der Waals surface area contributed by atoms with Crippen molar-refractivity contribution in [1.82, 2.24) is 5.32 Å². The predicted octanol–water partition coefficient (Wildman–Crippen LogP) is 4.63. The lowest BCUT2D eigenvalue weighted by Gasteiger charge is -2.19. The van der Waals surface area contributed by atoms with Crippen molar-refractivity contribution in [2.24, 2.45) is 0 Å². The van der Waals surface area contributed by atoms with Crippen LogP contribution in [-0.4, -0.2) is 31.1 Å². The lowest BCUT2D eigenvalue weighted by atomic mass is 10.00. The molecular weight excluding hydrogens is 342 g/mol. The molecule has 1 amide bonds. The summed E-state index contributed by atoms with van der Waals surface area (Å²) >= 11 is 0. The second-order valence-electron chi connectivity index (χ2n) is 7.24. The molecule has 0 aromatic heterocycles. The largest absolute Gasteiger partial charge is 0.492 e. The van der Waals surface area contributed by atoms with Crippen LogP contribution in [0.1, 0.15) is 43.6 Å². The number of carbonyl (C=O) groups is 2. The van der Waals surface area contributed by atoms with Crippen molar-refractivity contribution in [3.63, 3.8) is 0 Å². The first kappa shape index (κ1) is 20.5. The maximum Gasteiger partial charge on any atom is 0.407 e. The van der Waals surface area contributed by atoms with E-state index in [-0.39, 0.29) is 6.61 Å². The Hall–Kier alpha value is -2.82. The van der Waals surface area contributed by atoms with Gasteiger partial charge in [0.25, 0.3) is 0 Å². The summed E-state index contributed by atoms with van der Waals surface area (Å²) in [5.74, 6) is 0.586. The van der Waals surface area contributed by atoms with E-state index in [1.807, 2.05) is 45.0 Å². The Balaban J connectivity index is 2.03. The highest BCUT2D eigenvalue weighted by molar-refractivity contribution is 5.80. The monoisotopic (exact) mass is 369 g/mol. The zero-order chi connectivity index (χ0) is 19.9. The molecule has 0 heterocycles. The number of aryl methyl sites for hydroxylation is 1. The molecule has 0 saturated heterocycles. The van der Waals surface area contributed by atoms with Gasteiger partial charge in [-0.2, -0.15) is 0 Å². The van der Waals surface area contributed by atoms with Gasteiger partial charge in [0.05, 0.1) is 6.54 Å². The first-order chi connectivity index (χ1) is 12.8. The summed E-state index contributed by atoms with van der Waals surface area (Å²) in [5, 5.41) is 2.64. The topological polar surface area (TPSA) is 64.6 Å².